The summed E-state index contributed by atoms with van der Waals surface area (Å²) in [4.78, 5) is 25.4. The zero-order valence-corrected chi connectivity index (χ0v) is 19.9. The molecular weight excluding hydrogens is 487 g/mol. The molecule has 0 aliphatic heterocycles. The highest BCUT2D eigenvalue weighted by molar-refractivity contribution is 6.35. The minimum absolute atomic E-state index is 0.121. The van der Waals surface area contributed by atoms with E-state index in [4.69, 9.17) is 32.0 Å². The quantitative estimate of drug-likeness (QED) is 0.255. The van der Waals surface area contributed by atoms with E-state index in [-0.39, 0.29) is 17.4 Å². The summed E-state index contributed by atoms with van der Waals surface area (Å²) in [6, 6.07) is 22.5. The summed E-state index contributed by atoms with van der Waals surface area (Å²) in [7, 11) is 0. The molecule has 0 saturated heterocycles. The summed E-state index contributed by atoms with van der Waals surface area (Å²) in [5.74, 6) is -0.00779. The molecule has 2 N–H and O–H groups in total. The van der Waals surface area contributed by atoms with E-state index in [9.17, 15) is 9.59 Å². The van der Waals surface area contributed by atoms with Crippen molar-refractivity contribution in [2.75, 3.05) is 10.6 Å². The van der Waals surface area contributed by atoms with Crippen LogP contribution in [0.25, 0.3) is 22.3 Å². The molecule has 3 aromatic carbocycles. The molecule has 35 heavy (non-hydrogen) atoms. The fourth-order valence-electron chi connectivity index (χ4n) is 3.64. The Morgan fingerprint density at radius 3 is 2.37 bits per heavy atom. The Labute approximate surface area is 210 Å². The molecule has 8 heteroatoms. The summed E-state index contributed by atoms with van der Waals surface area (Å²) in [6.45, 7) is 1.83. The highest BCUT2D eigenvalue weighted by atomic mass is 35.5. The lowest BCUT2D eigenvalue weighted by atomic mass is 10.1. The van der Waals surface area contributed by atoms with Crippen LogP contribution >= 0.6 is 23.2 Å². The average molecular weight is 505 g/mol. The minimum Gasteiger partial charge on any atom is -0.451 e. The standard InChI is InChI=1S/C27H18Cl2N2O4/c1-15-12-18(7-9-21(15)31-27(33)25-13-16-4-2-3-5-22(16)34-25)30-26(32)24-11-10-23(35-24)19-14-17(28)6-8-20(19)29/h2-14H,1H3,(H,30,32)(H,31,33). The van der Waals surface area contributed by atoms with E-state index in [1.165, 1.54) is 0 Å². The van der Waals surface area contributed by atoms with Crippen LogP contribution < -0.4 is 10.6 Å². The van der Waals surface area contributed by atoms with E-state index in [1.807, 2.05) is 25.1 Å². The van der Waals surface area contributed by atoms with Crippen LogP contribution in [0.1, 0.15) is 26.7 Å². The van der Waals surface area contributed by atoms with Crippen LogP contribution in [0.3, 0.4) is 0 Å². The molecule has 0 atom stereocenters. The molecule has 2 aromatic heterocycles. The molecule has 2 heterocycles. The molecule has 0 saturated carbocycles. The highest BCUT2D eigenvalue weighted by Gasteiger charge is 2.16. The number of aryl methyl sites for hydroxylation is 1. The van der Waals surface area contributed by atoms with Gasteiger partial charge in [-0.05, 0) is 73.2 Å². The lowest BCUT2D eigenvalue weighted by Crippen LogP contribution is -2.13. The van der Waals surface area contributed by atoms with Crippen LogP contribution in [0, 0.1) is 6.92 Å². The van der Waals surface area contributed by atoms with Crippen molar-refractivity contribution >= 4 is 57.4 Å². The Balaban J connectivity index is 1.28. The minimum atomic E-state index is -0.423. The third kappa shape index (κ3) is 4.80. The Bertz CT molecular complexity index is 1550. The number of anilines is 2. The van der Waals surface area contributed by atoms with Crippen molar-refractivity contribution in [2.45, 2.75) is 6.92 Å². The fourth-order valence-corrected chi connectivity index (χ4v) is 4.03. The number of furan rings is 2. The molecule has 174 valence electrons. The van der Waals surface area contributed by atoms with Crippen LogP contribution in [0.5, 0.6) is 0 Å². The van der Waals surface area contributed by atoms with Gasteiger partial charge in [-0.1, -0.05) is 41.4 Å². The number of nitrogens with one attached hydrogen (secondary N) is 2. The molecule has 0 spiro atoms. The van der Waals surface area contributed by atoms with E-state index in [1.54, 1.807) is 60.7 Å². The van der Waals surface area contributed by atoms with E-state index in [2.05, 4.69) is 10.6 Å². The molecule has 5 rings (SSSR count). The number of halogens is 2. The Hall–Kier alpha value is -4.00. The normalized spacial score (nSPS) is 10.9. The van der Waals surface area contributed by atoms with Crippen LogP contribution in [0.4, 0.5) is 11.4 Å². The largest absolute Gasteiger partial charge is 0.451 e. The van der Waals surface area contributed by atoms with Crippen LogP contribution in [-0.4, -0.2) is 11.8 Å². The van der Waals surface area contributed by atoms with Crippen molar-refractivity contribution in [3.05, 3.63) is 106 Å². The van der Waals surface area contributed by atoms with Gasteiger partial charge in [0.1, 0.15) is 11.3 Å². The molecule has 2 amide bonds. The van der Waals surface area contributed by atoms with E-state index in [0.717, 1.165) is 10.9 Å². The Morgan fingerprint density at radius 2 is 1.57 bits per heavy atom. The van der Waals surface area contributed by atoms with E-state index >= 15 is 0 Å². The maximum atomic E-state index is 12.7. The van der Waals surface area contributed by atoms with Gasteiger partial charge in [-0.25, -0.2) is 0 Å². The van der Waals surface area contributed by atoms with Crippen LogP contribution in [0.15, 0.2) is 87.7 Å². The second kappa shape index (κ2) is 9.33. The van der Waals surface area contributed by atoms with Crippen molar-refractivity contribution < 1.29 is 18.4 Å². The first-order valence-electron chi connectivity index (χ1n) is 10.6. The second-order valence-electron chi connectivity index (χ2n) is 7.87. The highest BCUT2D eigenvalue weighted by Crippen LogP contribution is 2.32. The van der Waals surface area contributed by atoms with E-state index in [0.29, 0.717) is 38.3 Å². The van der Waals surface area contributed by atoms with E-state index < -0.39 is 5.91 Å². The number of amides is 2. The number of fused-ring (bicyclic) bond motifs is 1. The predicted octanol–water partition coefficient (Wildman–Crippen LogP) is 7.81. The van der Waals surface area contributed by atoms with Crippen molar-refractivity contribution in [1.82, 2.24) is 0 Å². The first kappa shape index (κ1) is 22.8. The summed E-state index contributed by atoms with van der Waals surface area (Å²) in [6.07, 6.45) is 0. The van der Waals surface area contributed by atoms with Gasteiger partial charge in [-0.15, -0.1) is 0 Å². The second-order valence-corrected chi connectivity index (χ2v) is 8.72. The maximum Gasteiger partial charge on any atom is 0.291 e. The first-order chi connectivity index (χ1) is 16.9. The van der Waals surface area contributed by atoms with Gasteiger partial charge >= 0.3 is 0 Å². The van der Waals surface area contributed by atoms with Gasteiger partial charge in [0.25, 0.3) is 11.8 Å². The molecule has 0 aliphatic carbocycles. The summed E-state index contributed by atoms with van der Waals surface area (Å²) >= 11 is 12.3. The number of hydrogen-bond donors (Lipinski definition) is 2. The predicted molar refractivity (Wildman–Crippen MR) is 137 cm³/mol. The van der Waals surface area contributed by atoms with Gasteiger partial charge in [0.05, 0.1) is 5.02 Å². The molecule has 5 aromatic rings. The van der Waals surface area contributed by atoms with Crippen molar-refractivity contribution in [2.24, 2.45) is 0 Å². The molecule has 0 unspecified atom stereocenters. The smallest absolute Gasteiger partial charge is 0.291 e. The molecule has 0 fully saturated rings. The monoisotopic (exact) mass is 504 g/mol. The van der Waals surface area contributed by atoms with Gasteiger partial charge in [-0.2, -0.15) is 0 Å². The SMILES string of the molecule is Cc1cc(NC(=O)c2ccc(-c3cc(Cl)ccc3Cl)o2)ccc1NC(=O)c1cc2ccccc2o1. The molecule has 0 bridgehead atoms. The van der Waals surface area contributed by atoms with Gasteiger partial charge in [0.15, 0.2) is 11.5 Å². The van der Waals surface area contributed by atoms with Gasteiger partial charge in [0, 0.05) is 27.3 Å². The Kier molecular flexibility index (Phi) is 6.07. The van der Waals surface area contributed by atoms with Gasteiger partial charge in [-0.3, -0.25) is 9.59 Å². The molecular formula is C27H18Cl2N2O4. The van der Waals surface area contributed by atoms with Crippen molar-refractivity contribution in [3.8, 4) is 11.3 Å². The summed E-state index contributed by atoms with van der Waals surface area (Å²) in [5, 5.41) is 7.47. The summed E-state index contributed by atoms with van der Waals surface area (Å²) in [5.41, 5.74) is 3.15. The number of benzene rings is 3. The van der Waals surface area contributed by atoms with Gasteiger partial charge < -0.3 is 19.5 Å². The molecule has 6 nitrogen and oxygen atoms in total. The fraction of sp³-hybridized carbons (Fsp3) is 0.0370. The average Bonchev–Trinajstić information content (AvgIpc) is 3.50. The lowest BCUT2D eigenvalue weighted by Gasteiger charge is -2.10. The van der Waals surface area contributed by atoms with Crippen molar-refractivity contribution in [3.63, 3.8) is 0 Å². The van der Waals surface area contributed by atoms with Gasteiger partial charge in [0.2, 0.25) is 0 Å². The number of carbonyl (C=O) groups is 2. The number of carbonyl (C=O) groups excluding carboxylic acids is 2. The third-order valence-electron chi connectivity index (χ3n) is 5.41. The molecule has 0 aliphatic rings. The topological polar surface area (TPSA) is 84.5 Å². The molecule has 0 radical (unpaired) electrons. The number of rotatable bonds is 5. The Morgan fingerprint density at radius 1 is 0.771 bits per heavy atom. The summed E-state index contributed by atoms with van der Waals surface area (Å²) < 4.78 is 11.3. The third-order valence-corrected chi connectivity index (χ3v) is 5.97. The lowest BCUT2D eigenvalue weighted by molar-refractivity contribution is 0.0990. The zero-order chi connectivity index (χ0) is 24.5. The number of hydrogen-bond acceptors (Lipinski definition) is 4. The van der Waals surface area contributed by atoms with Crippen LogP contribution in [0.2, 0.25) is 10.0 Å². The zero-order valence-electron chi connectivity index (χ0n) is 18.4. The maximum absolute atomic E-state index is 12.7. The first-order valence-corrected chi connectivity index (χ1v) is 11.4. The van der Waals surface area contributed by atoms with Crippen LogP contribution in [-0.2, 0) is 0 Å². The number of para-hydroxylation sites is 1. The van der Waals surface area contributed by atoms with Crippen molar-refractivity contribution in [1.29, 1.82) is 0 Å².